The van der Waals surface area contributed by atoms with Gasteiger partial charge in [0.05, 0.1) is 16.3 Å². The molecule has 0 bridgehead atoms. The van der Waals surface area contributed by atoms with E-state index in [2.05, 4.69) is 10.6 Å². The van der Waals surface area contributed by atoms with Gasteiger partial charge in [0.1, 0.15) is 0 Å². The molecule has 0 fully saturated rings. The standard InChI is InChI=1S/C19H19ClN2O4S2/c1-12(19(24)21-14-4-2-3-13(20)9-14)11-28(25,26)15-5-6-17-16(10-15)22-18(23)7-8-27-17/h2-6,9-10,12H,7-8,11H2,1H3,(H,21,24)(H,22,23)/t12-/m1/s1. The van der Waals surface area contributed by atoms with Crippen LogP contribution in [0.2, 0.25) is 5.02 Å². The number of nitrogens with one attached hydrogen (secondary N) is 2. The predicted molar refractivity (Wildman–Crippen MR) is 112 cm³/mol. The molecule has 0 spiro atoms. The lowest BCUT2D eigenvalue weighted by molar-refractivity contribution is -0.119. The number of sulfone groups is 1. The summed E-state index contributed by atoms with van der Waals surface area (Å²) in [5.41, 5.74) is 0.996. The van der Waals surface area contributed by atoms with Crippen LogP contribution in [0.15, 0.2) is 52.3 Å². The van der Waals surface area contributed by atoms with Crippen LogP contribution < -0.4 is 10.6 Å². The number of hydrogen-bond donors (Lipinski definition) is 2. The summed E-state index contributed by atoms with van der Waals surface area (Å²) in [7, 11) is -3.72. The summed E-state index contributed by atoms with van der Waals surface area (Å²) in [6.07, 6.45) is 0.377. The zero-order valence-corrected chi connectivity index (χ0v) is 17.5. The largest absolute Gasteiger partial charge is 0.326 e. The molecule has 0 unspecified atom stereocenters. The minimum absolute atomic E-state index is 0.0801. The first-order valence-electron chi connectivity index (χ1n) is 8.60. The van der Waals surface area contributed by atoms with Crippen molar-refractivity contribution in [3.63, 3.8) is 0 Å². The van der Waals surface area contributed by atoms with E-state index in [0.717, 1.165) is 4.90 Å². The summed E-state index contributed by atoms with van der Waals surface area (Å²) in [5.74, 6) is -1.03. The van der Waals surface area contributed by atoms with Crippen molar-refractivity contribution in [1.82, 2.24) is 0 Å². The van der Waals surface area contributed by atoms with Gasteiger partial charge in [0.15, 0.2) is 9.84 Å². The van der Waals surface area contributed by atoms with Gasteiger partial charge in [0.2, 0.25) is 11.8 Å². The Balaban J connectivity index is 1.74. The van der Waals surface area contributed by atoms with Gasteiger partial charge in [-0.2, -0.15) is 0 Å². The second kappa shape index (κ2) is 8.55. The minimum atomic E-state index is -3.72. The Hall–Kier alpha value is -2.03. The van der Waals surface area contributed by atoms with Crippen LogP contribution in [0.1, 0.15) is 13.3 Å². The first-order valence-corrected chi connectivity index (χ1v) is 11.6. The Morgan fingerprint density at radius 2 is 2.07 bits per heavy atom. The average molecular weight is 439 g/mol. The molecule has 0 saturated carbocycles. The van der Waals surface area contributed by atoms with Gasteiger partial charge in [0, 0.05) is 33.7 Å². The summed E-state index contributed by atoms with van der Waals surface area (Å²) in [5, 5.41) is 5.88. The number of hydrogen-bond acceptors (Lipinski definition) is 5. The van der Waals surface area contributed by atoms with Crippen molar-refractivity contribution >= 4 is 56.4 Å². The fourth-order valence-electron chi connectivity index (χ4n) is 2.73. The van der Waals surface area contributed by atoms with Gasteiger partial charge in [-0.1, -0.05) is 24.6 Å². The molecule has 1 aliphatic rings. The molecule has 1 aliphatic heterocycles. The molecular weight excluding hydrogens is 420 g/mol. The zero-order valence-electron chi connectivity index (χ0n) is 15.1. The highest BCUT2D eigenvalue weighted by Crippen LogP contribution is 2.33. The number of anilines is 2. The van der Waals surface area contributed by atoms with E-state index in [1.54, 1.807) is 37.3 Å². The van der Waals surface area contributed by atoms with Crippen LogP contribution >= 0.6 is 23.4 Å². The van der Waals surface area contributed by atoms with Gasteiger partial charge >= 0.3 is 0 Å². The van der Waals surface area contributed by atoms with Gasteiger partial charge in [0.25, 0.3) is 0 Å². The summed E-state index contributed by atoms with van der Waals surface area (Å²) in [6, 6.07) is 11.3. The second-order valence-electron chi connectivity index (χ2n) is 6.49. The number of amides is 2. The average Bonchev–Trinajstić information content (AvgIpc) is 2.81. The van der Waals surface area contributed by atoms with Crippen molar-refractivity contribution in [3.05, 3.63) is 47.5 Å². The molecule has 2 N–H and O–H groups in total. The highest BCUT2D eigenvalue weighted by molar-refractivity contribution is 7.99. The molecule has 2 amide bonds. The SMILES string of the molecule is C[C@H](CS(=O)(=O)c1ccc2c(c1)NC(=O)CCS2)C(=O)Nc1cccc(Cl)c1. The lowest BCUT2D eigenvalue weighted by Crippen LogP contribution is -2.27. The molecular formula is C19H19ClN2O4S2. The van der Waals surface area contributed by atoms with E-state index < -0.39 is 21.7 Å². The quantitative estimate of drug-likeness (QED) is 0.740. The van der Waals surface area contributed by atoms with Gasteiger partial charge in [-0.3, -0.25) is 9.59 Å². The Labute approximate surface area is 173 Å². The molecule has 148 valence electrons. The van der Waals surface area contributed by atoms with E-state index in [1.807, 2.05) is 0 Å². The van der Waals surface area contributed by atoms with Crippen molar-refractivity contribution < 1.29 is 18.0 Å². The molecule has 28 heavy (non-hydrogen) atoms. The predicted octanol–water partition coefficient (Wildman–Crippen LogP) is 3.82. The molecule has 2 aromatic rings. The normalized spacial score (nSPS) is 15.1. The van der Waals surface area contributed by atoms with Gasteiger partial charge < -0.3 is 10.6 Å². The van der Waals surface area contributed by atoms with Crippen molar-refractivity contribution in [2.45, 2.75) is 23.1 Å². The van der Waals surface area contributed by atoms with E-state index in [9.17, 15) is 18.0 Å². The number of carbonyl (C=O) groups is 2. The third-order valence-electron chi connectivity index (χ3n) is 4.18. The van der Waals surface area contributed by atoms with Crippen LogP contribution in [0.3, 0.4) is 0 Å². The van der Waals surface area contributed by atoms with Crippen molar-refractivity contribution in [2.75, 3.05) is 22.1 Å². The third-order valence-corrected chi connectivity index (χ3v) is 7.40. The molecule has 9 heteroatoms. The van der Waals surface area contributed by atoms with Gasteiger partial charge in [-0.15, -0.1) is 11.8 Å². The van der Waals surface area contributed by atoms with Crippen molar-refractivity contribution in [1.29, 1.82) is 0 Å². The molecule has 2 aromatic carbocycles. The van der Waals surface area contributed by atoms with Crippen molar-refractivity contribution in [3.8, 4) is 0 Å². The lowest BCUT2D eigenvalue weighted by Gasteiger charge is -2.14. The highest BCUT2D eigenvalue weighted by Gasteiger charge is 2.25. The topological polar surface area (TPSA) is 92.3 Å². The molecule has 1 atom stereocenters. The first-order chi connectivity index (χ1) is 13.2. The number of carbonyl (C=O) groups excluding carboxylic acids is 2. The fraction of sp³-hybridized carbons (Fsp3) is 0.263. The van der Waals surface area contributed by atoms with E-state index in [4.69, 9.17) is 11.6 Å². The maximum absolute atomic E-state index is 12.8. The first kappa shape index (κ1) is 20.7. The van der Waals surface area contributed by atoms with Crippen LogP contribution in [-0.4, -0.2) is 31.7 Å². The maximum Gasteiger partial charge on any atom is 0.228 e. The summed E-state index contributed by atoms with van der Waals surface area (Å²) in [4.78, 5) is 25.0. The molecule has 3 rings (SSSR count). The van der Waals surface area contributed by atoms with E-state index >= 15 is 0 Å². The number of rotatable bonds is 5. The molecule has 0 aliphatic carbocycles. The Kier molecular flexibility index (Phi) is 6.32. The number of fused-ring (bicyclic) bond motifs is 1. The summed E-state index contributed by atoms with van der Waals surface area (Å²) in [6.45, 7) is 1.55. The molecule has 0 radical (unpaired) electrons. The molecule has 0 aromatic heterocycles. The number of benzene rings is 2. The minimum Gasteiger partial charge on any atom is -0.326 e. The Morgan fingerprint density at radius 1 is 1.29 bits per heavy atom. The molecule has 6 nitrogen and oxygen atoms in total. The molecule has 1 heterocycles. The smallest absolute Gasteiger partial charge is 0.228 e. The number of thioether (sulfide) groups is 1. The highest BCUT2D eigenvalue weighted by atomic mass is 35.5. The Bertz CT molecular complexity index is 1020. The van der Waals surface area contributed by atoms with E-state index in [0.29, 0.717) is 28.6 Å². The van der Waals surface area contributed by atoms with Crippen LogP contribution in [0, 0.1) is 5.92 Å². The van der Waals surface area contributed by atoms with Crippen LogP contribution in [0.5, 0.6) is 0 Å². The maximum atomic E-state index is 12.8. The third kappa shape index (κ3) is 5.06. The van der Waals surface area contributed by atoms with Crippen LogP contribution in [0.25, 0.3) is 0 Å². The lowest BCUT2D eigenvalue weighted by atomic mass is 10.2. The monoisotopic (exact) mass is 438 g/mol. The summed E-state index contributed by atoms with van der Waals surface area (Å²) >= 11 is 7.40. The van der Waals surface area contributed by atoms with Crippen LogP contribution in [-0.2, 0) is 19.4 Å². The van der Waals surface area contributed by atoms with Gasteiger partial charge in [-0.05, 0) is 36.4 Å². The fourth-order valence-corrected chi connectivity index (χ4v) is 5.43. The molecule has 0 saturated heterocycles. The van der Waals surface area contributed by atoms with E-state index in [1.165, 1.54) is 23.9 Å². The second-order valence-corrected chi connectivity index (χ2v) is 10.1. The summed E-state index contributed by atoms with van der Waals surface area (Å²) < 4.78 is 25.6. The van der Waals surface area contributed by atoms with Crippen LogP contribution in [0.4, 0.5) is 11.4 Å². The van der Waals surface area contributed by atoms with Gasteiger partial charge in [-0.25, -0.2) is 8.42 Å². The van der Waals surface area contributed by atoms with Crippen molar-refractivity contribution in [2.24, 2.45) is 5.92 Å². The number of halogens is 1. The Morgan fingerprint density at radius 3 is 2.82 bits per heavy atom. The van der Waals surface area contributed by atoms with E-state index in [-0.39, 0.29) is 16.6 Å². The zero-order chi connectivity index (χ0) is 20.3.